The third-order valence-corrected chi connectivity index (χ3v) is 4.00. The molecule has 0 aliphatic rings. The first-order chi connectivity index (χ1) is 13.2. The zero-order valence-electron chi connectivity index (χ0n) is 15.3. The maximum absolute atomic E-state index is 12.5. The summed E-state index contributed by atoms with van der Waals surface area (Å²) in [5, 5.41) is 6.14. The van der Waals surface area contributed by atoms with Gasteiger partial charge >= 0.3 is 0 Å². The number of ether oxygens (including phenoxy) is 1. The standard InChI is InChI=1S/C21H22N4O2/c1-3-27-19-12-8-7-11-17(19)25-20-13-18(22-14-23-20)21(26)24-15(2)16-9-5-4-6-10-16/h4-15H,3H2,1-2H3,(H,24,26)(H,22,23,25). The first-order valence-electron chi connectivity index (χ1n) is 8.84. The third kappa shape index (κ3) is 4.82. The molecule has 3 rings (SSSR count). The molecule has 6 heteroatoms. The molecule has 1 heterocycles. The van der Waals surface area contributed by atoms with E-state index in [9.17, 15) is 4.79 Å². The normalized spacial score (nSPS) is 11.5. The number of anilines is 2. The fraction of sp³-hybridized carbons (Fsp3) is 0.190. The van der Waals surface area contributed by atoms with Crippen LogP contribution in [0.2, 0.25) is 0 Å². The zero-order chi connectivity index (χ0) is 19.1. The van der Waals surface area contributed by atoms with E-state index in [2.05, 4.69) is 20.6 Å². The van der Waals surface area contributed by atoms with Crippen molar-refractivity contribution in [1.29, 1.82) is 0 Å². The lowest BCUT2D eigenvalue weighted by Crippen LogP contribution is -2.27. The van der Waals surface area contributed by atoms with Crippen LogP contribution in [0.3, 0.4) is 0 Å². The number of carbonyl (C=O) groups excluding carboxylic acids is 1. The van der Waals surface area contributed by atoms with E-state index in [0.717, 1.165) is 17.0 Å². The van der Waals surface area contributed by atoms with Crippen molar-refractivity contribution < 1.29 is 9.53 Å². The highest BCUT2D eigenvalue weighted by molar-refractivity contribution is 5.93. The second kappa shape index (κ2) is 8.80. The van der Waals surface area contributed by atoms with Crippen molar-refractivity contribution in [2.45, 2.75) is 19.9 Å². The molecule has 2 N–H and O–H groups in total. The van der Waals surface area contributed by atoms with Gasteiger partial charge in [-0.3, -0.25) is 4.79 Å². The molecule has 0 aliphatic heterocycles. The van der Waals surface area contributed by atoms with Crippen molar-refractivity contribution in [3.63, 3.8) is 0 Å². The van der Waals surface area contributed by atoms with Gasteiger partial charge in [0.2, 0.25) is 0 Å². The molecule has 3 aromatic rings. The summed E-state index contributed by atoms with van der Waals surface area (Å²) < 4.78 is 5.60. The van der Waals surface area contributed by atoms with E-state index in [1.165, 1.54) is 6.33 Å². The maximum Gasteiger partial charge on any atom is 0.270 e. The molecule has 0 aliphatic carbocycles. The van der Waals surface area contributed by atoms with Crippen LogP contribution < -0.4 is 15.4 Å². The summed E-state index contributed by atoms with van der Waals surface area (Å²) in [4.78, 5) is 20.8. The molecule has 1 atom stereocenters. The summed E-state index contributed by atoms with van der Waals surface area (Å²) in [6.45, 7) is 4.43. The van der Waals surface area contributed by atoms with E-state index in [1.807, 2.05) is 68.4 Å². The second-order valence-electron chi connectivity index (χ2n) is 5.95. The number of benzene rings is 2. The van der Waals surface area contributed by atoms with E-state index in [1.54, 1.807) is 6.07 Å². The first-order valence-corrected chi connectivity index (χ1v) is 8.84. The van der Waals surface area contributed by atoms with Crippen molar-refractivity contribution >= 4 is 17.4 Å². The first kappa shape index (κ1) is 18.4. The van der Waals surface area contributed by atoms with Gasteiger partial charge in [0, 0.05) is 6.07 Å². The summed E-state index contributed by atoms with van der Waals surface area (Å²) >= 11 is 0. The van der Waals surface area contributed by atoms with Gasteiger partial charge in [-0.2, -0.15) is 0 Å². The average Bonchev–Trinajstić information content (AvgIpc) is 2.70. The van der Waals surface area contributed by atoms with Crippen molar-refractivity contribution in [3.05, 3.63) is 78.2 Å². The Balaban J connectivity index is 1.73. The van der Waals surface area contributed by atoms with Gasteiger partial charge in [-0.15, -0.1) is 0 Å². The summed E-state index contributed by atoms with van der Waals surface area (Å²) in [6, 6.07) is 18.9. The van der Waals surface area contributed by atoms with E-state index in [0.29, 0.717) is 18.1 Å². The van der Waals surface area contributed by atoms with E-state index < -0.39 is 0 Å². The predicted octanol–water partition coefficient (Wildman–Crippen LogP) is 4.11. The Bertz CT molecular complexity index is 899. The van der Waals surface area contributed by atoms with E-state index in [-0.39, 0.29) is 11.9 Å². The molecule has 0 spiro atoms. The van der Waals surface area contributed by atoms with Crippen LogP contribution in [0.1, 0.15) is 35.9 Å². The number of nitrogens with one attached hydrogen (secondary N) is 2. The summed E-state index contributed by atoms with van der Waals surface area (Å²) in [5.74, 6) is 0.992. The summed E-state index contributed by atoms with van der Waals surface area (Å²) in [7, 11) is 0. The van der Waals surface area contributed by atoms with Gasteiger partial charge in [-0.05, 0) is 31.5 Å². The van der Waals surface area contributed by atoms with Gasteiger partial charge in [0.1, 0.15) is 23.6 Å². The Labute approximate surface area is 158 Å². The number of amides is 1. The van der Waals surface area contributed by atoms with Gasteiger partial charge in [-0.25, -0.2) is 9.97 Å². The van der Waals surface area contributed by atoms with Crippen molar-refractivity contribution in [2.24, 2.45) is 0 Å². The molecule has 6 nitrogen and oxygen atoms in total. The Morgan fingerprint density at radius 1 is 1.07 bits per heavy atom. The third-order valence-electron chi connectivity index (χ3n) is 4.00. The fourth-order valence-electron chi connectivity index (χ4n) is 2.63. The number of rotatable bonds is 7. The van der Waals surface area contributed by atoms with Gasteiger partial charge in [0.15, 0.2) is 0 Å². The summed E-state index contributed by atoms with van der Waals surface area (Å²) in [6.07, 6.45) is 1.37. The Morgan fingerprint density at radius 3 is 2.59 bits per heavy atom. The largest absolute Gasteiger partial charge is 0.492 e. The molecule has 0 radical (unpaired) electrons. The molecule has 138 valence electrons. The van der Waals surface area contributed by atoms with Crippen LogP contribution in [0.25, 0.3) is 0 Å². The Kier molecular flexibility index (Phi) is 5.99. The lowest BCUT2D eigenvalue weighted by Gasteiger charge is -2.14. The molecule has 1 unspecified atom stereocenters. The van der Waals surface area contributed by atoms with Crippen LogP contribution in [-0.4, -0.2) is 22.5 Å². The highest BCUT2D eigenvalue weighted by atomic mass is 16.5. The average molecular weight is 362 g/mol. The number of aromatic nitrogens is 2. The monoisotopic (exact) mass is 362 g/mol. The Morgan fingerprint density at radius 2 is 1.81 bits per heavy atom. The molecule has 0 saturated heterocycles. The molecule has 0 bridgehead atoms. The molecule has 27 heavy (non-hydrogen) atoms. The molecule has 1 amide bonds. The van der Waals surface area contributed by atoms with Crippen molar-refractivity contribution in [2.75, 3.05) is 11.9 Å². The topological polar surface area (TPSA) is 76.1 Å². The van der Waals surface area contributed by atoms with Crippen LogP contribution in [0, 0.1) is 0 Å². The lowest BCUT2D eigenvalue weighted by atomic mass is 10.1. The van der Waals surface area contributed by atoms with Gasteiger partial charge < -0.3 is 15.4 Å². The number of carbonyl (C=O) groups is 1. The maximum atomic E-state index is 12.5. The lowest BCUT2D eigenvalue weighted by molar-refractivity contribution is 0.0934. The minimum absolute atomic E-state index is 0.122. The SMILES string of the molecule is CCOc1ccccc1Nc1cc(C(=O)NC(C)c2ccccc2)ncn1. The zero-order valence-corrected chi connectivity index (χ0v) is 15.3. The fourth-order valence-corrected chi connectivity index (χ4v) is 2.63. The predicted molar refractivity (Wildman–Crippen MR) is 105 cm³/mol. The minimum Gasteiger partial charge on any atom is -0.492 e. The highest BCUT2D eigenvalue weighted by Gasteiger charge is 2.14. The van der Waals surface area contributed by atoms with Crippen LogP contribution in [-0.2, 0) is 0 Å². The van der Waals surface area contributed by atoms with Gasteiger partial charge in [0.25, 0.3) is 5.91 Å². The van der Waals surface area contributed by atoms with Crippen molar-refractivity contribution in [3.8, 4) is 5.75 Å². The molecule has 2 aromatic carbocycles. The number of para-hydroxylation sites is 2. The van der Waals surface area contributed by atoms with Crippen LogP contribution in [0.5, 0.6) is 5.75 Å². The molecular formula is C21H22N4O2. The second-order valence-corrected chi connectivity index (χ2v) is 5.95. The van der Waals surface area contributed by atoms with Gasteiger partial charge in [0.05, 0.1) is 18.3 Å². The quantitative estimate of drug-likeness (QED) is 0.661. The number of nitrogens with zero attached hydrogens (tertiary/aromatic N) is 2. The smallest absolute Gasteiger partial charge is 0.270 e. The molecular weight excluding hydrogens is 340 g/mol. The Hall–Kier alpha value is -3.41. The number of hydrogen-bond acceptors (Lipinski definition) is 5. The van der Waals surface area contributed by atoms with Gasteiger partial charge in [-0.1, -0.05) is 42.5 Å². The molecule has 0 fully saturated rings. The minimum atomic E-state index is -0.255. The molecule has 0 saturated carbocycles. The summed E-state index contributed by atoms with van der Waals surface area (Å²) in [5.41, 5.74) is 2.11. The van der Waals surface area contributed by atoms with Crippen LogP contribution >= 0.6 is 0 Å². The van der Waals surface area contributed by atoms with E-state index in [4.69, 9.17) is 4.74 Å². The van der Waals surface area contributed by atoms with Crippen LogP contribution in [0.4, 0.5) is 11.5 Å². The number of hydrogen-bond donors (Lipinski definition) is 2. The van der Waals surface area contributed by atoms with E-state index >= 15 is 0 Å². The van der Waals surface area contributed by atoms with Crippen molar-refractivity contribution in [1.82, 2.24) is 15.3 Å². The van der Waals surface area contributed by atoms with Crippen LogP contribution in [0.15, 0.2) is 67.0 Å². The molecule has 1 aromatic heterocycles. The highest BCUT2D eigenvalue weighted by Crippen LogP contribution is 2.26.